The molecule has 0 aliphatic carbocycles. The molecule has 1 amide bonds. The highest BCUT2D eigenvalue weighted by molar-refractivity contribution is 7.17. The highest BCUT2D eigenvalue weighted by Gasteiger charge is 2.13. The minimum atomic E-state index is -0.266. The van der Waals surface area contributed by atoms with E-state index in [0.717, 1.165) is 18.7 Å². The molecule has 0 saturated heterocycles. The first-order chi connectivity index (χ1) is 9.20. The molecule has 0 spiro atoms. The third-order valence-electron chi connectivity index (χ3n) is 2.40. The number of rotatable bonds is 5. The van der Waals surface area contributed by atoms with Crippen LogP contribution in [0.4, 0.5) is 10.8 Å². The summed E-state index contributed by atoms with van der Waals surface area (Å²) in [6.45, 7) is 4.72. The molecular weight excluding hydrogens is 262 g/mol. The molecule has 2 aromatic heterocycles. The summed E-state index contributed by atoms with van der Waals surface area (Å²) in [7, 11) is 0. The largest absolute Gasteiger partial charge is 0.360 e. The Hall–Kier alpha value is -2.02. The Morgan fingerprint density at radius 1 is 1.42 bits per heavy atom. The van der Waals surface area contributed by atoms with E-state index in [1.54, 1.807) is 18.3 Å². The molecule has 2 rings (SSSR count). The van der Waals surface area contributed by atoms with Crippen LogP contribution in [0.25, 0.3) is 0 Å². The Labute approximate surface area is 115 Å². The van der Waals surface area contributed by atoms with Crippen molar-refractivity contribution in [3.63, 3.8) is 0 Å². The zero-order chi connectivity index (χ0) is 13.7. The summed E-state index contributed by atoms with van der Waals surface area (Å²) >= 11 is 1.24. The van der Waals surface area contributed by atoms with Crippen molar-refractivity contribution >= 4 is 28.1 Å². The summed E-state index contributed by atoms with van der Waals surface area (Å²) in [5.41, 5.74) is 1.45. The van der Waals surface area contributed by atoms with Crippen molar-refractivity contribution < 1.29 is 4.79 Å². The minimum Gasteiger partial charge on any atom is -0.360 e. The zero-order valence-corrected chi connectivity index (χ0v) is 11.6. The van der Waals surface area contributed by atoms with Crippen LogP contribution >= 0.6 is 11.3 Å². The normalized spacial score (nSPS) is 10.2. The molecule has 0 aliphatic rings. The fourth-order valence-corrected chi connectivity index (χ4v) is 2.07. The maximum absolute atomic E-state index is 12.0. The second-order valence-corrected chi connectivity index (χ2v) is 4.91. The van der Waals surface area contributed by atoms with Gasteiger partial charge >= 0.3 is 0 Å². The van der Waals surface area contributed by atoms with E-state index in [4.69, 9.17) is 0 Å². The third-order valence-corrected chi connectivity index (χ3v) is 3.28. The topological polar surface area (TPSA) is 79.8 Å². The van der Waals surface area contributed by atoms with E-state index in [1.807, 2.05) is 6.92 Å². The predicted octanol–water partition coefficient (Wildman–Crippen LogP) is 2.32. The van der Waals surface area contributed by atoms with Crippen LogP contribution in [0, 0.1) is 6.92 Å². The van der Waals surface area contributed by atoms with Crippen molar-refractivity contribution in [1.82, 2.24) is 15.2 Å². The molecule has 0 aromatic carbocycles. The second-order valence-electron chi connectivity index (χ2n) is 3.93. The van der Waals surface area contributed by atoms with E-state index >= 15 is 0 Å². The number of carbonyl (C=O) groups is 1. The van der Waals surface area contributed by atoms with Gasteiger partial charge in [-0.05, 0) is 25.5 Å². The van der Waals surface area contributed by atoms with E-state index in [0.29, 0.717) is 15.8 Å². The van der Waals surface area contributed by atoms with Crippen molar-refractivity contribution in [1.29, 1.82) is 0 Å². The average Bonchev–Trinajstić information content (AvgIpc) is 2.88. The van der Waals surface area contributed by atoms with E-state index in [1.165, 1.54) is 11.3 Å². The molecule has 6 nitrogen and oxygen atoms in total. The molecule has 0 radical (unpaired) electrons. The standard InChI is InChI=1S/C12H15N5OS/c1-3-6-14-12-17-16-11(19-12)10(18)15-9-5-4-7-13-8(9)2/h4-5,7H,3,6H2,1-2H3,(H,14,17)(H,15,18). The summed E-state index contributed by atoms with van der Waals surface area (Å²) in [6.07, 6.45) is 2.68. The van der Waals surface area contributed by atoms with Crippen LogP contribution in [0.5, 0.6) is 0 Å². The van der Waals surface area contributed by atoms with Gasteiger partial charge in [0.25, 0.3) is 5.91 Å². The lowest BCUT2D eigenvalue weighted by Gasteiger charge is -2.04. The average molecular weight is 277 g/mol. The summed E-state index contributed by atoms with van der Waals surface area (Å²) < 4.78 is 0. The van der Waals surface area contributed by atoms with Crippen molar-refractivity contribution in [2.75, 3.05) is 17.2 Å². The molecule has 0 fully saturated rings. The Kier molecular flexibility index (Phi) is 4.40. The van der Waals surface area contributed by atoms with Gasteiger partial charge in [0.1, 0.15) is 0 Å². The number of carbonyl (C=O) groups excluding carboxylic acids is 1. The zero-order valence-electron chi connectivity index (χ0n) is 10.8. The van der Waals surface area contributed by atoms with Crippen LogP contribution in [0.2, 0.25) is 0 Å². The lowest BCUT2D eigenvalue weighted by atomic mass is 10.3. The maximum atomic E-state index is 12.0. The first-order valence-corrected chi connectivity index (χ1v) is 6.82. The summed E-state index contributed by atoms with van der Waals surface area (Å²) in [4.78, 5) is 16.1. The first kappa shape index (κ1) is 13.4. The van der Waals surface area contributed by atoms with Gasteiger partial charge in [-0.3, -0.25) is 9.78 Å². The molecule has 2 aromatic rings. The molecular formula is C12H15N5OS. The summed E-state index contributed by atoms with van der Waals surface area (Å²) in [5.74, 6) is -0.266. The minimum absolute atomic E-state index is 0.266. The Morgan fingerprint density at radius 2 is 2.26 bits per heavy atom. The van der Waals surface area contributed by atoms with Crippen molar-refractivity contribution in [3.05, 3.63) is 29.0 Å². The van der Waals surface area contributed by atoms with Gasteiger partial charge < -0.3 is 10.6 Å². The van der Waals surface area contributed by atoms with Crippen molar-refractivity contribution in [3.8, 4) is 0 Å². The van der Waals surface area contributed by atoms with Gasteiger partial charge in [-0.1, -0.05) is 18.3 Å². The predicted molar refractivity (Wildman–Crippen MR) is 75.6 cm³/mol. The van der Waals surface area contributed by atoms with Gasteiger partial charge in [0.15, 0.2) is 0 Å². The highest BCUT2D eigenvalue weighted by Crippen LogP contribution is 2.17. The Balaban J connectivity index is 2.04. The van der Waals surface area contributed by atoms with E-state index in [9.17, 15) is 4.79 Å². The number of aromatic nitrogens is 3. The van der Waals surface area contributed by atoms with E-state index < -0.39 is 0 Å². The van der Waals surface area contributed by atoms with Gasteiger partial charge in [-0.15, -0.1) is 10.2 Å². The van der Waals surface area contributed by atoms with Gasteiger partial charge in [-0.25, -0.2) is 0 Å². The Bertz CT molecular complexity index is 569. The SMILES string of the molecule is CCCNc1nnc(C(=O)Nc2cccnc2C)s1. The lowest BCUT2D eigenvalue weighted by Crippen LogP contribution is -2.12. The number of nitrogens with zero attached hydrogens (tertiary/aromatic N) is 3. The number of hydrogen-bond donors (Lipinski definition) is 2. The van der Waals surface area contributed by atoms with Crippen LogP contribution < -0.4 is 10.6 Å². The van der Waals surface area contributed by atoms with Crippen LogP contribution in [-0.2, 0) is 0 Å². The highest BCUT2D eigenvalue weighted by atomic mass is 32.1. The van der Waals surface area contributed by atoms with Crippen molar-refractivity contribution in [2.45, 2.75) is 20.3 Å². The summed E-state index contributed by atoms with van der Waals surface area (Å²) in [6, 6.07) is 3.58. The number of aryl methyl sites for hydroxylation is 1. The summed E-state index contributed by atoms with van der Waals surface area (Å²) in [5, 5.41) is 14.7. The number of pyridine rings is 1. The van der Waals surface area contributed by atoms with Gasteiger partial charge in [0.05, 0.1) is 11.4 Å². The number of nitrogens with one attached hydrogen (secondary N) is 2. The third kappa shape index (κ3) is 3.47. The van der Waals surface area contributed by atoms with Crippen LogP contribution in [0.3, 0.4) is 0 Å². The van der Waals surface area contributed by atoms with Crippen LogP contribution in [0.15, 0.2) is 18.3 Å². The first-order valence-electron chi connectivity index (χ1n) is 6.01. The molecule has 0 saturated carbocycles. The fourth-order valence-electron chi connectivity index (χ4n) is 1.41. The monoisotopic (exact) mass is 277 g/mol. The van der Waals surface area contributed by atoms with E-state index in [-0.39, 0.29) is 5.91 Å². The van der Waals surface area contributed by atoms with Crippen molar-refractivity contribution in [2.24, 2.45) is 0 Å². The lowest BCUT2D eigenvalue weighted by molar-refractivity contribution is 0.102. The molecule has 2 N–H and O–H groups in total. The molecule has 0 atom stereocenters. The molecule has 0 unspecified atom stereocenters. The number of amides is 1. The second kappa shape index (κ2) is 6.24. The fraction of sp³-hybridized carbons (Fsp3) is 0.333. The molecule has 0 bridgehead atoms. The number of anilines is 2. The smallest absolute Gasteiger partial charge is 0.286 e. The Morgan fingerprint density at radius 3 is 3.00 bits per heavy atom. The molecule has 2 heterocycles. The van der Waals surface area contributed by atoms with Crippen LogP contribution in [0.1, 0.15) is 28.8 Å². The maximum Gasteiger partial charge on any atom is 0.286 e. The molecule has 7 heteroatoms. The van der Waals surface area contributed by atoms with E-state index in [2.05, 4.69) is 32.7 Å². The van der Waals surface area contributed by atoms with Gasteiger partial charge in [0, 0.05) is 12.7 Å². The molecule has 0 aliphatic heterocycles. The number of hydrogen-bond acceptors (Lipinski definition) is 6. The quantitative estimate of drug-likeness (QED) is 0.876. The van der Waals surface area contributed by atoms with Gasteiger partial charge in [0.2, 0.25) is 10.1 Å². The van der Waals surface area contributed by atoms with Crippen LogP contribution in [-0.4, -0.2) is 27.6 Å². The molecule has 100 valence electrons. The molecule has 19 heavy (non-hydrogen) atoms. The van der Waals surface area contributed by atoms with Gasteiger partial charge in [-0.2, -0.15) is 0 Å².